The Morgan fingerprint density at radius 3 is 2.83 bits per heavy atom. The Hall–Kier alpha value is -1.82. The molecule has 3 nitrogen and oxygen atoms in total. The molecule has 2 bridgehead atoms. The molecule has 2 atom stereocenters. The van der Waals surface area contributed by atoms with Crippen molar-refractivity contribution >= 4 is 11.4 Å². The van der Waals surface area contributed by atoms with Crippen molar-refractivity contribution in [1.29, 1.82) is 5.41 Å². The molecular formula is C17H20F3N3. The van der Waals surface area contributed by atoms with E-state index in [0.29, 0.717) is 29.4 Å². The Bertz CT molecular complexity index is 654. The van der Waals surface area contributed by atoms with Gasteiger partial charge in [0.15, 0.2) is 0 Å². The van der Waals surface area contributed by atoms with E-state index in [1.54, 1.807) is 7.05 Å². The van der Waals surface area contributed by atoms with E-state index >= 15 is 0 Å². The standard InChI is InChI=1S/C17H20F3N3/c1-22-16(9-5-6-13(18)11(7-9)17(19)20)12-8-10-3-2-4-14(23-10)15(12)21/h5-7,10,14,17,21-23H,2-4,8H2,1H3/b16-12-,21-15?. The molecule has 2 aliphatic rings. The van der Waals surface area contributed by atoms with Gasteiger partial charge in [0.1, 0.15) is 5.82 Å². The van der Waals surface area contributed by atoms with Gasteiger partial charge in [-0.1, -0.05) is 0 Å². The molecule has 2 unspecified atom stereocenters. The van der Waals surface area contributed by atoms with Crippen LogP contribution in [0.1, 0.15) is 43.2 Å². The minimum absolute atomic E-state index is 0.0240. The molecule has 2 heterocycles. The molecule has 2 fully saturated rings. The van der Waals surface area contributed by atoms with Crippen LogP contribution < -0.4 is 10.6 Å². The number of nitrogens with one attached hydrogen (secondary N) is 3. The number of halogens is 3. The van der Waals surface area contributed by atoms with Crippen LogP contribution in [0.4, 0.5) is 13.2 Å². The summed E-state index contributed by atoms with van der Waals surface area (Å²) in [6.45, 7) is 0. The van der Waals surface area contributed by atoms with Crippen molar-refractivity contribution in [2.45, 2.75) is 44.2 Å². The average molecular weight is 323 g/mol. The van der Waals surface area contributed by atoms with Gasteiger partial charge in [-0.3, -0.25) is 0 Å². The molecule has 1 aromatic rings. The molecule has 1 aromatic carbocycles. The van der Waals surface area contributed by atoms with Crippen molar-refractivity contribution in [1.82, 2.24) is 10.6 Å². The summed E-state index contributed by atoms with van der Waals surface area (Å²) in [5.74, 6) is -0.901. The Morgan fingerprint density at radius 2 is 2.13 bits per heavy atom. The lowest BCUT2D eigenvalue weighted by atomic mass is 9.80. The molecule has 2 saturated heterocycles. The van der Waals surface area contributed by atoms with Gasteiger partial charge in [0, 0.05) is 24.8 Å². The highest BCUT2D eigenvalue weighted by Gasteiger charge is 2.33. The monoisotopic (exact) mass is 323 g/mol. The van der Waals surface area contributed by atoms with Crippen molar-refractivity contribution in [2.24, 2.45) is 0 Å². The molecule has 3 rings (SSSR count). The van der Waals surface area contributed by atoms with Crippen molar-refractivity contribution in [3.05, 3.63) is 40.7 Å². The molecule has 0 aromatic heterocycles. The zero-order chi connectivity index (χ0) is 16.6. The Morgan fingerprint density at radius 1 is 1.35 bits per heavy atom. The molecule has 3 N–H and O–H groups in total. The molecule has 0 radical (unpaired) electrons. The SMILES string of the molecule is CN/C(=C1/CC2CCCC(N2)C1=N)c1ccc(F)c(C(F)F)c1. The third-order valence-electron chi connectivity index (χ3n) is 4.68. The minimum atomic E-state index is -2.86. The first-order valence-electron chi connectivity index (χ1n) is 7.85. The second-order valence-electron chi connectivity index (χ2n) is 6.11. The normalized spacial score (nSPS) is 26.4. The van der Waals surface area contributed by atoms with Gasteiger partial charge in [-0.25, -0.2) is 13.2 Å². The second kappa shape index (κ2) is 6.35. The Kier molecular flexibility index (Phi) is 4.43. The molecule has 124 valence electrons. The summed E-state index contributed by atoms with van der Waals surface area (Å²) < 4.78 is 39.4. The maximum atomic E-state index is 13.5. The lowest BCUT2D eigenvalue weighted by Crippen LogP contribution is -2.52. The zero-order valence-electron chi connectivity index (χ0n) is 12.9. The highest BCUT2D eigenvalue weighted by atomic mass is 19.3. The minimum Gasteiger partial charge on any atom is -0.387 e. The first-order chi connectivity index (χ1) is 11.0. The predicted octanol–water partition coefficient (Wildman–Crippen LogP) is 3.63. The van der Waals surface area contributed by atoms with Gasteiger partial charge in [-0.15, -0.1) is 0 Å². The fourth-order valence-electron chi connectivity index (χ4n) is 3.55. The first-order valence-corrected chi connectivity index (χ1v) is 7.85. The number of alkyl halides is 2. The topological polar surface area (TPSA) is 47.9 Å². The smallest absolute Gasteiger partial charge is 0.266 e. The van der Waals surface area contributed by atoms with Crippen LogP contribution in [0.2, 0.25) is 0 Å². The summed E-state index contributed by atoms with van der Waals surface area (Å²) in [5.41, 5.74) is 1.90. The largest absolute Gasteiger partial charge is 0.387 e. The van der Waals surface area contributed by atoms with Gasteiger partial charge in [-0.05, 0) is 55.0 Å². The van der Waals surface area contributed by atoms with Crippen molar-refractivity contribution in [2.75, 3.05) is 7.05 Å². The summed E-state index contributed by atoms with van der Waals surface area (Å²) in [5, 5.41) is 14.9. The number of piperidine rings is 2. The van der Waals surface area contributed by atoms with Gasteiger partial charge in [0.05, 0.1) is 11.3 Å². The lowest BCUT2D eigenvalue weighted by molar-refractivity contribution is 0.146. The number of benzene rings is 1. The van der Waals surface area contributed by atoms with Gasteiger partial charge < -0.3 is 16.0 Å². The van der Waals surface area contributed by atoms with Crippen LogP contribution in [0.5, 0.6) is 0 Å². The molecule has 0 spiro atoms. The van der Waals surface area contributed by atoms with E-state index in [2.05, 4.69) is 10.6 Å². The van der Waals surface area contributed by atoms with Crippen LogP contribution in [0.3, 0.4) is 0 Å². The maximum Gasteiger partial charge on any atom is 0.266 e. The molecule has 2 aliphatic heterocycles. The molecule has 0 aliphatic carbocycles. The van der Waals surface area contributed by atoms with E-state index in [-0.39, 0.29) is 6.04 Å². The van der Waals surface area contributed by atoms with Crippen LogP contribution in [0.25, 0.3) is 5.70 Å². The summed E-state index contributed by atoms with van der Waals surface area (Å²) in [6, 6.07) is 4.09. The van der Waals surface area contributed by atoms with Gasteiger partial charge >= 0.3 is 0 Å². The van der Waals surface area contributed by atoms with E-state index < -0.39 is 17.8 Å². The third kappa shape index (κ3) is 3.00. The molecule has 0 amide bonds. The van der Waals surface area contributed by atoms with E-state index in [1.807, 2.05) is 0 Å². The van der Waals surface area contributed by atoms with Crippen LogP contribution in [-0.2, 0) is 0 Å². The van der Waals surface area contributed by atoms with Crippen molar-refractivity contribution < 1.29 is 13.2 Å². The van der Waals surface area contributed by atoms with Crippen LogP contribution in [0.15, 0.2) is 23.8 Å². The molecular weight excluding hydrogens is 303 g/mol. The summed E-state index contributed by atoms with van der Waals surface area (Å²) in [4.78, 5) is 0. The van der Waals surface area contributed by atoms with E-state index in [0.717, 1.165) is 30.9 Å². The molecule has 6 heteroatoms. The van der Waals surface area contributed by atoms with E-state index in [9.17, 15) is 13.2 Å². The fraction of sp³-hybridized carbons (Fsp3) is 0.471. The van der Waals surface area contributed by atoms with Gasteiger partial charge in [-0.2, -0.15) is 0 Å². The van der Waals surface area contributed by atoms with E-state index in [1.165, 1.54) is 12.1 Å². The quantitative estimate of drug-likeness (QED) is 0.795. The Balaban J connectivity index is 2.05. The van der Waals surface area contributed by atoms with Crippen molar-refractivity contribution in [3.63, 3.8) is 0 Å². The van der Waals surface area contributed by atoms with Crippen LogP contribution in [0, 0.1) is 11.2 Å². The predicted molar refractivity (Wildman–Crippen MR) is 84.2 cm³/mol. The van der Waals surface area contributed by atoms with Crippen molar-refractivity contribution in [3.8, 4) is 0 Å². The summed E-state index contributed by atoms with van der Waals surface area (Å²) in [6.07, 6.45) is 0.897. The van der Waals surface area contributed by atoms with Crippen LogP contribution in [-0.4, -0.2) is 24.8 Å². The fourth-order valence-corrected chi connectivity index (χ4v) is 3.55. The number of fused-ring (bicyclic) bond motifs is 2. The number of hydrogen-bond donors (Lipinski definition) is 3. The number of hydrogen-bond acceptors (Lipinski definition) is 3. The molecule has 23 heavy (non-hydrogen) atoms. The van der Waals surface area contributed by atoms with E-state index in [4.69, 9.17) is 5.41 Å². The first kappa shape index (κ1) is 16.1. The van der Waals surface area contributed by atoms with Crippen LogP contribution >= 0.6 is 0 Å². The van der Waals surface area contributed by atoms with Gasteiger partial charge in [0.25, 0.3) is 6.43 Å². The lowest BCUT2D eigenvalue weighted by Gasteiger charge is -2.38. The second-order valence-corrected chi connectivity index (χ2v) is 6.11. The average Bonchev–Trinajstić information content (AvgIpc) is 2.54. The highest BCUT2D eigenvalue weighted by Crippen LogP contribution is 2.32. The Labute approximate surface area is 133 Å². The third-order valence-corrected chi connectivity index (χ3v) is 4.68. The summed E-state index contributed by atoms with van der Waals surface area (Å²) in [7, 11) is 1.71. The maximum absolute atomic E-state index is 13.5. The number of rotatable bonds is 3. The highest BCUT2D eigenvalue weighted by molar-refractivity contribution is 6.08. The molecule has 0 saturated carbocycles. The summed E-state index contributed by atoms with van der Waals surface area (Å²) >= 11 is 0. The zero-order valence-corrected chi connectivity index (χ0v) is 12.9. The van der Waals surface area contributed by atoms with Gasteiger partial charge in [0.2, 0.25) is 0 Å².